The lowest BCUT2D eigenvalue weighted by atomic mass is 10.0. The molecule has 0 rings (SSSR count). The molecular formula is C8H16O9. The van der Waals surface area contributed by atoms with Crippen LogP contribution >= 0.6 is 0 Å². The van der Waals surface area contributed by atoms with Gasteiger partial charge in [0.05, 0.1) is 6.61 Å². The summed E-state index contributed by atoms with van der Waals surface area (Å²) in [5.41, 5.74) is 0. The first-order chi connectivity index (χ1) is 7.64. The van der Waals surface area contributed by atoms with Gasteiger partial charge in [-0.2, -0.15) is 0 Å². The second kappa shape index (κ2) is 8.84. The number of aliphatic hydroxyl groups excluding tert-OH is 5. The van der Waals surface area contributed by atoms with Gasteiger partial charge < -0.3 is 35.7 Å². The summed E-state index contributed by atoms with van der Waals surface area (Å²) in [6.07, 6.45) is -7.84. The Kier molecular flexibility index (Phi) is 9.42. The van der Waals surface area contributed by atoms with Crippen LogP contribution in [0.2, 0.25) is 0 Å². The molecule has 0 spiro atoms. The van der Waals surface area contributed by atoms with Gasteiger partial charge >= 0.3 is 5.97 Å². The fourth-order valence-electron chi connectivity index (χ4n) is 0.668. The van der Waals surface area contributed by atoms with Crippen LogP contribution in [0, 0.1) is 0 Å². The molecule has 0 aliphatic carbocycles. The van der Waals surface area contributed by atoms with Gasteiger partial charge in [0, 0.05) is 6.92 Å². The van der Waals surface area contributed by atoms with E-state index in [0.717, 1.165) is 6.92 Å². The Bertz CT molecular complexity index is 237. The topological polar surface area (TPSA) is 176 Å². The lowest BCUT2D eigenvalue weighted by molar-refractivity contribution is -0.164. The van der Waals surface area contributed by atoms with Crippen molar-refractivity contribution < 1.29 is 45.3 Å². The molecule has 17 heavy (non-hydrogen) atoms. The minimum absolute atomic E-state index is 0.833. The Morgan fingerprint density at radius 2 is 1.35 bits per heavy atom. The number of rotatable bonds is 5. The van der Waals surface area contributed by atoms with Crippen molar-refractivity contribution in [2.24, 2.45) is 0 Å². The number of aliphatic hydroxyl groups is 5. The van der Waals surface area contributed by atoms with Gasteiger partial charge in [-0.1, -0.05) is 0 Å². The van der Waals surface area contributed by atoms with Crippen LogP contribution in [0.5, 0.6) is 0 Å². The van der Waals surface area contributed by atoms with Crippen molar-refractivity contribution >= 4 is 11.9 Å². The summed E-state index contributed by atoms with van der Waals surface area (Å²) in [4.78, 5) is 19.1. The van der Waals surface area contributed by atoms with E-state index < -0.39 is 43.0 Å². The summed E-state index contributed by atoms with van der Waals surface area (Å²) in [6.45, 7) is 0.241. The Morgan fingerprint density at radius 1 is 1.00 bits per heavy atom. The van der Waals surface area contributed by atoms with E-state index in [0.29, 0.717) is 0 Å². The lowest BCUT2D eigenvalue weighted by Gasteiger charge is -2.23. The van der Waals surface area contributed by atoms with E-state index in [2.05, 4.69) is 0 Å². The van der Waals surface area contributed by atoms with Crippen LogP contribution in [-0.2, 0) is 9.59 Å². The molecule has 0 amide bonds. The first kappa shape index (κ1) is 18.1. The maximum atomic E-state index is 10.1. The Hall–Kier alpha value is -1.26. The minimum Gasteiger partial charge on any atom is -0.481 e. The molecule has 0 heterocycles. The molecule has 7 N–H and O–H groups in total. The van der Waals surface area contributed by atoms with Crippen molar-refractivity contribution in [3.63, 3.8) is 0 Å². The fourth-order valence-corrected chi connectivity index (χ4v) is 0.668. The number of hydrogen-bond donors (Lipinski definition) is 7. The van der Waals surface area contributed by atoms with Crippen molar-refractivity contribution in [1.29, 1.82) is 0 Å². The van der Waals surface area contributed by atoms with Crippen molar-refractivity contribution in [3.8, 4) is 0 Å². The molecule has 0 unspecified atom stereocenters. The zero-order valence-corrected chi connectivity index (χ0v) is 8.96. The molecule has 0 aliphatic rings. The maximum Gasteiger partial charge on any atom is 0.335 e. The van der Waals surface area contributed by atoms with Crippen LogP contribution in [0.4, 0.5) is 0 Å². The molecule has 102 valence electrons. The second-order valence-corrected chi connectivity index (χ2v) is 3.03. The van der Waals surface area contributed by atoms with E-state index in [1.54, 1.807) is 0 Å². The normalized spacial score (nSPS) is 17.1. The van der Waals surface area contributed by atoms with Crippen molar-refractivity contribution in [1.82, 2.24) is 0 Å². The third-order valence-electron chi connectivity index (χ3n) is 1.51. The molecular weight excluding hydrogens is 240 g/mol. The van der Waals surface area contributed by atoms with E-state index in [9.17, 15) is 4.79 Å². The molecule has 0 aromatic heterocycles. The molecule has 0 saturated heterocycles. The number of carbonyl (C=O) groups is 2. The third kappa shape index (κ3) is 8.54. The van der Waals surface area contributed by atoms with Gasteiger partial charge in [0.25, 0.3) is 5.97 Å². The summed E-state index contributed by atoms with van der Waals surface area (Å²) in [5, 5.41) is 59.2. The van der Waals surface area contributed by atoms with Gasteiger partial charge in [-0.3, -0.25) is 4.79 Å². The molecule has 0 radical (unpaired) electrons. The smallest absolute Gasteiger partial charge is 0.335 e. The second-order valence-electron chi connectivity index (χ2n) is 3.03. The average Bonchev–Trinajstić information content (AvgIpc) is 2.23. The van der Waals surface area contributed by atoms with Crippen LogP contribution in [0.25, 0.3) is 0 Å². The van der Waals surface area contributed by atoms with Gasteiger partial charge in [-0.25, -0.2) is 4.79 Å². The van der Waals surface area contributed by atoms with Gasteiger partial charge in [0.15, 0.2) is 6.10 Å². The highest BCUT2D eigenvalue weighted by Crippen LogP contribution is 2.04. The molecule has 0 bridgehead atoms. The van der Waals surface area contributed by atoms with E-state index in [-0.39, 0.29) is 0 Å². The highest BCUT2D eigenvalue weighted by molar-refractivity contribution is 5.72. The molecule has 9 heteroatoms. The number of carboxylic acid groups (broad SMARTS) is 2. The first-order valence-electron chi connectivity index (χ1n) is 4.40. The Labute approximate surface area is 96.2 Å². The summed E-state index contributed by atoms with van der Waals surface area (Å²) < 4.78 is 0. The number of hydrogen-bond acceptors (Lipinski definition) is 7. The molecule has 0 aromatic carbocycles. The van der Waals surface area contributed by atoms with Crippen LogP contribution in [0.15, 0.2) is 0 Å². The maximum absolute atomic E-state index is 10.1. The van der Waals surface area contributed by atoms with Crippen LogP contribution in [0.1, 0.15) is 6.92 Å². The molecule has 0 aliphatic heterocycles. The van der Waals surface area contributed by atoms with Gasteiger partial charge in [0.1, 0.15) is 18.3 Å². The van der Waals surface area contributed by atoms with E-state index in [1.165, 1.54) is 0 Å². The third-order valence-corrected chi connectivity index (χ3v) is 1.51. The summed E-state index contributed by atoms with van der Waals surface area (Å²) >= 11 is 0. The SMILES string of the molecule is CC(=O)O.O=C(O)[C@H](O)[C@@H](O)[C@H](O)[C@H](O)CO. The van der Waals surface area contributed by atoms with E-state index >= 15 is 0 Å². The van der Waals surface area contributed by atoms with E-state index in [1.807, 2.05) is 0 Å². The van der Waals surface area contributed by atoms with E-state index in [4.69, 9.17) is 40.5 Å². The molecule has 0 fully saturated rings. The molecule has 0 aromatic rings. The van der Waals surface area contributed by atoms with Crippen LogP contribution < -0.4 is 0 Å². The number of aliphatic carboxylic acids is 2. The Morgan fingerprint density at radius 3 is 1.59 bits per heavy atom. The summed E-state index contributed by atoms with van der Waals surface area (Å²) in [6, 6.07) is 0. The van der Waals surface area contributed by atoms with Gasteiger partial charge in [-0.15, -0.1) is 0 Å². The highest BCUT2D eigenvalue weighted by Gasteiger charge is 2.33. The predicted octanol–water partition coefficient (Wildman–Crippen LogP) is -3.40. The largest absolute Gasteiger partial charge is 0.481 e. The minimum atomic E-state index is -2.20. The molecule has 9 nitrogen and oxygen atoms in total. The average molecular weight is 256 g/mol. The summed E-state index contributed by atoms with van der Waals surface area (Å²) in [5.74, 6) is -2.56. The van der Waals surface area contributed by atoms with Crippen LogP contribution in [0.3, 0.4) is 0 Å². The monoisotopic (exact) mass is 256 g/mol. The zero-order chi connectivity index (χ0) is 14.2. The van der Waals surface area contributed by atoms with Crippen LogP contribution in [-0.4, -0.2) is 78.7 Å². The van der Waals surface area contributed by atoms with Crippen molar-refractivity contribution in [3.05, 3.63) is 0 Å². The lowest BCUT2D eigenvalue weighted by Crippen LogP contribution is -2.48. The number of carboxylic acids is 2. The van der Waals surface area contributed by atoms with Crippen molar-refractivity contribution in [2.45, 2.75) is 31.3 Å². The zero-order valence-electron chi connectivity index (χ0n) is 8.96. The Balaban J connectivity index is 0. The predicted molar refractivity (Wildman–Crippen MR) is 52.1 cm³/mol. The van der Waals surface area contributed by atoms with Crippen molar-refractivity contribution in [2.75, 3.05) is 6.61 Å². The van der Waals surface area contributed by atoms with Gasteiger partial charge in [0.2, 0.25) is 0 Å². The molecule has 0 saturated carbocycles. The standard InChI is InChI=1S/C6H12O7.C2H4O2/c7-1-2(8)3(9)4(10)5(11)6(12)13;1-2(3)4/h2-5,7-11H,1H2,(H,12,13);1H3,(H,3,4)/t2-,3-,4+,5-;/m1./s1. The quantitative estimate of drug-likeness (QED) is 0.264. The fraction of sp³-hybridized carbons (Fsp3) is 0.750. The molecule has 4 atom stereocenters. The van der Waals surface area contributed by atoms with Gasteiger partial charge in [-0.05, 0) is 0 Å². The summed E-state index contributed by atoms with van der Waals surface area (Å²) in [7, 11) is 0. The highest BCUT2D eigenvalue weighted by atomic mass is 16.4. The first-order valence-corrected chi connectivity index (χ1v) is 4.40.